The summed E-state index contributed by atoms with van der Waals surface area (Å²) in [5.41, 5.74) is 3.84. The lowest BCUT2D eigenvalue weighted by molar-refractivity contribution is -0.144. The number of rotatable bonds is 5. The van der Waals surface area contributed by atoms with Crippen molar-refractivity contribution < 1.29 is 13.9 Å². The van der Waals surface area contributed by atoms with Gasteiger partial charge in [0, 0.05) is 10.9 Å². The number of fused-ring (bicyclic) bond motifs is 2. The zero-order valence-electron chi connectivity index (χ0n) is 16.6. The number of carbonyl (C=O) groups is 1. The quantitative estimate of drug-likeness (QED) is 0.474. The van der Waals surface area contributed by atoms with Crippen molar-refractivity contribution in [3.05, 3.63) is 75.5 Å². The fraction of sp³-hybridized carbons (Fsp3) is 0.217. The van der Waals surface area contributed by atoms with Crippen LogP contribution in [0.1, 0.15) is 22.5 Å². The summed E-state index contributed by atoms with van der Waals surface area (Å²) in [5, 5.41) is 10.4. The number of nitrogens with zero attached hydrogens (tertiary/aromatic N) is 3. The van der Waals surface area contributed by atoms with E-state index in [4.69, 9.17) is 14.4 Å². The summed E-state index contributed by atoms with van der Waals surface area (Å²) in [5.74, 6) is -0.237. The molecule has 0 atom stereocenters. The molecule has 2 heterocycles. The minimum atomic E-state index is -0.471. The normalized spacial score (nSPS) is 11.0. The summed E-state index contributed by atoms with van der Waals surface area (Å²) < 4.78 is 12.2. The maximum absolute atomic E-state index is 12.7. The number of aromatic nitrogens is 2. The molecule has 0 aliphatic carbocycles. The van der Waals surface area contributed by atoms with E-state index in [-0.39, 0.29) is 31.0 Å². The van der Waals surface area contributed by atoms with Gasteiger partial charge in [0.2, 0.25) is 0 Å². The number of para-hydroxylation sites is 1. The third kappa shape index (κ3) is 3.55. The summed E-state index contributed by atoms with van der Waals surface area (Å²) >= 11 is 0. The van der Waals surface area contributed by atoms with Gasteiger partial charge in [0.25, 0.3) is 5.56 Å². The molecule has 0 radical (unpaired) electrons. The lowest BCUT2D eigenvalue weighted by Crippen LogP contribution is -2.26. The molecular weight excluding hydrogens is 382 g/mol. The minimum absolute atomic E-state index is 0.0333. The topological polar surface area (TPSA) is 98.1 Å². The zero-order chi connectivity index (χ0) is 21.3. The van der Waals surface area contributed by atoms with Gasteiger partial charge in [-0.2, -0.15) is 5.26 Å². The lowest BCUT2D eigenvalue weighted by atomic mass is 10.0. The maximum Gasteiger partial charge on any atom is 0.310 e. The molecule has 2 aromatic heterocycles. The number of aryl methyl sites for hydroxylation is 2. The molecule has 7 heteroatoms. The fourth-order valence-corrected chi connectivity index (χ4v) is 3.38. The van der Waals surface area contributed by atoms with Crippen LogP contribution in [-0.4, -0.2) is 15.5 Å². The van der Waals surface area contributed by atoms with Crippen molar-refractivity contribution in [1.29, 1.82) is 5.26 Å². The highest BCUT2D eigenvalue weighted by atomic mass is 16.5. The molecule has 0 saturated carbocycles. The van der Waals surface area contributed by atoms with Crippen molar-refractivity contribution in [2.24, 2.45) is 0 Å². The number of nitriles is 1. The lowest BCUT2D eigenvalue weighted by Gasteiger charge is -2.11. The van der Waals surface area contributed by atoms with E-state index in [1.165, 1.54) is 4.57 Å². The van der Waals surface area contributed by atoms with Crippen LogP contribution in [0.5, 0.6) is 0 Å². The Bertz CT molecular complexity index is 1380. The summed E-state index contributed by atoms with van der Waals surface area (Å²) in [6, 6.07) is 12.8. The molecule has 150 valence electrons. The van der Waals surface area contributed by atoms with E-state index < -0.39 is 5.97 Å². The highest BCUT2D eigenvalue weighted by Crippen LogP contribution is 2.25. The van der Waals surface area contributed by atoms with Crippen LogP contribution in [0.2, 0.25) is 0 Å². The fourth-order valence-electron chi connectivity index (χ4n) is 3.38. The van der Waals surface area contributed by atoms with Crippen molar-refractivity contribution in [1.82, 2.24) is 9.55 Å². The number of esters is 1. The number of carbonyl (C=O) groups excluding carboxylic acids is 1. The van der Waals surface area contributed by atoms with Gasteiger partial charge in [0.15, 0.2) is 5.82 Å². The van der Waals surface area contributed by atoms with Crippen molar-refractivity contribution in [3.8, 4) is 6.07 Å². The third-order valence-electron chi connectivity index (χ3n) is 5.14. The van der Waals surface area contributed by atoms with Gasteiger partial charge in [0.1, 0.15) is 18.7 Å². The van der Waals surface area contributed by atoms with Crippen molar-refractivity contribution in [3.63, 3.8) is 0 Å². The summed E-state index contributed by atoms with van der Waals surface area (Å²) in [4.78, 5) is 29.5. The van der Waals surface area contributed by atoms with E-state index in [9.17, 15) is 9.59 Å². The molecular formula is C23H19N3O4. The Morgan fingerprint density at radius 3 is 2.77 bits per heavy atom. The minimum Gasteiger partial charge on any atom is -0.464 e. The van der Waals surface area contributed by atoms with Gasteiger partial charge in [-0.3, -0.25) is 14.2 Å². The number of hydrogen-bond donors (Lipinski definition) is 0. The van der Waals surface area contributed by atoms with Crippen molar-refractivity contribution in [2.75, 3.05) is 0 Å². The first-order valence-electron chi connectivity index (χ1n) is 9.46. The van der Waals surface area contributed by atoms with E-state index in [1.54, 1.807) is 30.5 Å². The number of ether oxygens (including phenoxy) is 1. The molecule has 0 aliphatic heterocycles. The first-order chi connectivity index (χ1) is 14.5. The smallest absolute Gasteiger partial charge is 0.310 e. The second-order valence-electron chi connectivity index (χ2n) is 7.13. The molecule has 4 aromatic rings. The van der Waals surface area contributed by atoms with E-state index in [2.05, 4.69) is 4.98 Å². The van der Waals surface area contributed by atoms with E-state index in [0.717, 1.165) is 27.7 Å². The molecule has 7 nitrogen and oxygen atoms in total. The van der Waals surface area contributed by atoms with Crippen LogP contribution < -0.4 is 5.56 Å². The summed E-state index contributed by atoms with van der Waals surface area (Å²) in [7, 11) is 0. The highest BCUT2D eigenvalue weighted by Gasteiger charge is 2.15. The summed E-state index contributed by atoms with van der Waals surface area (Å²) in [6.07, 6.45) is 1.59. The predicted molar refractivity (Wildman–Crippen MR) is 111 cm³/mol. The van der Waals surface area contributed by atoms with Crippen LogP contribution >= 0.6 is 0 Å². The molecule has 0 spiro atoms. The van der Waals surface area contributed by atoms with E-state index in [0.29, 0.717) is 10.9 Å². The monoisotopic (exact) mass is 401 g/mol. The number of furan rings is 1. The average molecular weight is 401 g/mol. The van der Waals surface area contributed by atoms with E-state index in [1.807, 2.05) is 32.0 Å². The van der Waals surface area contributed by atoms with Gasteiger partial charge in [-0.25, -0.2) is 4.98 Å². The van der Waals surface area contributed by atoms with Crippen LogP contribution in [0.15, 0.2) is 51.9 Å². The molecule has 2 aromatic carbocycles. The van der Waals surface area contributed by atoms with Crippen molar-refractivity contribution in [2.45, 2.75) is 33.4 Å². The Morgan fingerprint density at radius 2 is 1.97 bits per heavy atom. The Kier molecular flexibility index (Phi) is 5.07. The largest absolute Gasteiger partial charge is 0.464 e. The first kappa shape index (κ1) is 19.4. The third-order valence-corrected chi connectivity index (χ3v) is 5.14. The van der Waals surface area contributed by atoms with E-state index >= 15 is 0 Å². The molecule has 0 fully saturated rings. The SMILES string of the molecule is Cc1cc2occ(CC(=O)OCc3nc4ccccc4c(=O)n3CC#N)c2cc1C. The van der Waals surface area contributed by atoms with Gasteiger partial charge in [0.05, 0.1) is 29.7 Å². The number of hydrogen-bond acceptors (Lipinski definition) is 6. The Hall–Kier alpha value is -3.92. The van der Waals surface area contributed by atoms with Crippen molar-refractivity contribution >= 4 is 27.8 Å². The second kappa shape index (κ2) is 7.84. The highest BCUT2D eigenvalue weighted by molar-refractivity contribution is 5.86. The summed E-state index contributed by atoms with van der Waals surface area (Å²) in [6.45, 7) is 3.63. The standard InChI is InChI=1S/C23H19N3O4/c1-14-9-18-16(12-29-20(18)10-15(14)2)11-22(27)30-13-21-25-19-6-4-3-5-17(19)23(28)26(21)8-7-24/h3-6,9-10,12H,8,11,13H2,1-2H3. The molecule has 0 amide bonds. The van der Waals surface area contributed by atoms with Gasteiger partial charge >= 0.3 is 5.97 Å². The van der Waals surface area contributed by atoms with Crippen LogP contribution in [0.3, 0.4) is 0 Å². The predicted octanol–water partition coefficient (Wildman–Crippen LogP) is 3.57. The Morgan fingerprint density at radius 1 is 1.20 bits per heavy atom. The maximum atomic E-state index is 12.7. The van der Waals surface area contributed by atoms with Gasteiger partial charge in [-0.1, -0.05) is 12.1 Å². The molecule has 0 bridgehead atoms. The zero-order valence-corrected chi connectivity index (χ0v) is 16.6. The van der Waals surface area contributed by atoms with Gasteiger partial charge in [-0.05, 0) is 49.2 Å². The molecule has 0 unspecified atom stereocenters. The molecule has 0 aliphatic rings. The van der Waals surface area contributed by atoms with Gasteiger partial charge < -0.3 is 9.15 Å². The van der Waals surface area contributed by atoms with Crippen LogP contribution in [0.4, 0.5) is 0 Å². The second-order valence-corrected chi connectivity index (χ2v) is 7.13. The Balaban J connectivity index is 1.56. The average Bonchev–Trinajstić information content (AvgIpc) is 3.10. The van der Waals surface area contributed by atoms with Gasteiger partial charge in [-0.15, -0.1) is 0 Å². The van der Waals surface area contributed by atoms with Crippen LogP contribution in [-0.2, 0) is 29.1 Å². The molecule has 0 saturated heterocycles. The molecule has 0 N–H and O–H groups in total. The molecule has 30 heavy (non-hydrogen) atoms. The first-order valence-corrected chi connectivity index (χ1v) is 9.46. The Labute approximate surface area is 172 Å². The number of benzene rings is 2. The van der Waals surface area contributed by atoms with Crippen LogP contribution in [0.25, 0.3) is 21.9 Å². The van der Waals surface area contributed by atoms with Crippen LogP contribution in [0, 0.1) is 25.2 Å². The molecule has 4 rings (SSSR count).